The molecule has 1 aliphatic rings. The van der Waals surface area contributed by atoms with E-state index >= 15 is 0 Å². The second kappa shape index (κ2) is 13.8. The Morgan fingerprint density at radius 1 is 1.03 bits per heavy atom. The summed E-state index contributed by atoms with van der Waals surface area (Å²) in [7, 11) is 0. The van der Waals surface area contributed by atoms with Gasteiger partial charge in [-0.2, -0.15) is 0 Å². The SMILES string of the molecule is CCCN(Cc1cc(Oc2c(C)cc(NC(=O)C(=O)OCC)cc2C)ccc1O)C(=O)CC1CCCCC1. The lowest BCUT2D eigenvalue weighted by molar-refractivity contribution is -0.152. The summed E-state index contributed by atoms with van der Waals surface area (Å²) in [5.41, 5.74) is 2.60. The molecule has 2 N–H and O–H groups in total. The van der Waals surface area contributed by atoms with Gasteiger partial charge in [-0.1, -0.05) is 26.2 Å². The number of benzene rings is 2. The van der Waals surface area contributed by atoms with Crippen LogP contribution in [0.4, 0.5) is 5.69 Å². The number of aryl methyl sites for hydroxylation is 2. The standard InChI is InChI=1S/C30H40N2O6/c1-5-14-32(27(34)17-22-10-8-7-9-11-22)19-23-18-25(12-13-26(23)33)38-28-20(3)15-24(16-21(28)4)31-29(35)30(36)37-6-2/h12-13,15-16,18,22,33H,5-11,14,17,19H2,1-4H3,(H,31,35). The third-order valence-corrected chi connectivity index (χ3v) is 6.85. The van der Waals surface area contributed by atoms with Gasteiger partial charge in [-0.3, -0.25) is 9.59 Å². The van der Waals surface area contributed by atoms with Gasteiger partial charge in [0.25, 0.3) is 0 Å². The predicted octanol–water partition coefficient (Wildman–Crippen LogP) is 6.01. The van der Waals surface area contributed by atoms with E-state index in [9.17, 15) is 19.5 Å². The van der Waals surface area contributed by atoms with Gasteiger partial charge in [0.15, 0.2) is 0 Å². The number of carbonyl (C=O) groups excluding carboxylic acids is 3. The van der Waals surface area contributed by atoms with E-state index < -0.39 is 11.9 Å². The van der Waals surface area contributed by atoms with Gasteiger partial charge in [0.1, 0.15) is 17.2 Å². The third kappa shape index (κ3) is 7.97. The number of hydrogen-bond acceptors (Lipinski definition) is 6. The first-order valence-electron chi connectivity index (χ1n) is 13.6. The van der Waals surface area contributed by atoms with Crippen LogP contribution in [-0.2, 0) is 25.7 Å². The van der Waals surface area contributed by atoms with E-state index in [1.54, 1.807) is 37.3 Å². The van der Waals surface area contributed by atoms with Crippen molar-refractivity contribution in [3.05, 3.63) is 47.0 Å². The third-order valence-electron chi connectivity index (χ3n) is 6.85. The highest BCUT2D eigenvalue weighted by atomic mass is 16.5. The van der Waals surface area contributed by atoms with Gasteiger partial charge >= 0.3 is 11.9 Å². The molecule has 0 radical (unpaired) electrons. The molecule has 0 saturated heterocycles. The van der Waals surface area contributed by atoms with Crippen molar-refractivity contribution in [1.82, 2.24) is 4.90 Å². The highest BCUT2D eigenvalue weighted by molar-refractivity contribution is 6.37. The Balaban J connectivity index is 1.73. The predicted molar refractivity (Wildman–Crippen MR) is 146 cm³/mol. The van der Waals surface area contributed by atoms with Crippen LogP contribution >= 0.6 is 0 Å². The summed E-state index contributed by atoms with van der Waals surface area (Å²) in [6.45, 7) is 8.44. The second-order valence-electron chi connectivity index (χ2n) is 10.0. The lowest BCUT2D eigenvalue weighted by Gasteiger charge is -2.27. The molecular formula is C30H40N2O6. The number of aromatic hydroxyl groups is 1. The first-order chi connectivity index (χ1) is 18.2. The van der Waals surface area contributed by atoms with Gasteiger partial charge in [-0.25, -0.2) is 4.79 Å². The Morgan fingerprint density at radius 2 is 1.71 bits per heavy atom. The van der Waals surface area contributed by atoms with Crippen molar-refractivity contribution in [2.75, 3.05) is 18.5 Å². The number of carbonyl (C=O) groups is 3. The monoisotopic (exact) mass is 524 g/mol. The van der Waals surface area contributed by atoms with Crippen molar-refractivity contribution >= 4 is 23.5 Å². The van der Waals surface area contributed by atoms with Gasteiger partial charge in [0.2, 0.25) is 5.91 Å². The molecular weight excluding hydrogens is 484 g/mol. The zero-order valence-electron chi connectivity index (χ0n) is 23.0. The van der Waals surface area contributed by atoms with E-state index in [2.05, 4.69) is 5.32 Å². The van der Waals surface area contributed by atoms with Gasteiger partial charge in [0.05, 0.1) is 6.61 Å². The molecule has 1 aliphatic carbocycles. The maximum atomic E-state index is 13.1. The molecule has 0 unspecified atom stereocenters. The van der Waals surface area contributed by atoms with Gasteiger partial charge in [-0.15, -0.1) is 0 Å². The molecule has 0 spiro atoms. The summed E-state index contributed by atoms with van der Waals surface area (Å²) in [5.74, 6) is 0.0742. The van der Waals surface area contributed by atoms with E-state index in [1.165, 1.54) is 19.3 Å². The van der Waals surface area contributed by atoms with Crippen LogP contribution in [0.1, 0.15) is 75.5 Å². The second-order valence-corrected chi connectivity index (χ2v) is 10.0. The van der Waals surface area contributed by atoms with Crippen LogP contribution in [-0.4, -0.2) is 40.9 Å². The zero-order chi connectivity index (χ0) is 27.7. The fraction of sp³-hybridized carbons (Fsp3) is 0.500. The number of phenols is 1. The molecule has 0 atom stereocenters. The fourth-order valence-electron chi connectivity index (χ4n) is 4.97. The number of amides is 2. The summed E-state index contributed by atoms with van der Waals surface area (Å²) in [6.07, 6.45) is 7.29. The zero-order valence-corrected chi connectivity index (χ0v) is 23.0. The molecule has 1 fully saturated rings. The molecule has 38 heavy (non-hydrogen) atoms. The smallest absolute Gasteiger partial charge is 0.397 e. The number of esters is 1. The number of anilines is 1. The lowest BCUT2D eigenvalue weighted by Crippen LogP contribution is -2.33. The van der Waals surface area contributed by atoms with E-state index in [-0.39, 0.29) is 18.3 Å². The Labute approximate surface area is 225 Å². The highest BCUT2D eigenvalue weighted by Crippen LogP contribution is 2.34. The van der Waals surface area contributed by atoms with Crippen LogP contribution in [0.5, 0.6) is 17.2 Å². The summed E-state index contributed by atoms with van der Waals surface area (Å²) in [5, 5.41) is 13.1. The minimum Gasteiger partial charge on any atom is -0.508 e. The van der Waals surface area contributed by atoms with E-state index in [0.717, 1.165) is 30.4 Å². The number of nitrogens with zero attached hydrogens (tertiary/aromatic N) is 1. The summed E-state index contributed by atoms with van der Waals surface area (Å²) >= 11 is 0. The molecule has 1 saturated carbocycles. The van der Waals surface area contributed by atoms with Gasteiger partial charge in [-0.05, 0) is 87.4 Å². The summed E-state index contributed by atoms with van der Waals surface area (Å²) < 4.78 is 10.9. The topological polar surface area (TPSA) is 105 Å². The normalized spacial score (nSPS) is 13.6. The molecule has 0 aliphatic heterocycles. The summed E-state index contributed by atoms with van der Waals surface area (Å²) in [4.78, 5) is 38.6. The molecule has 2 aromatic rings. The van der Waals surface area contributed by atoms with Crippen molar-refractivity contribution in [2.45, 2.75) is 79.2 Å². The van der Waals surface area contributed by atoms with Crippen LogP contribution in [0.3, 0.4) is 0 Å². The number of phenolic OH excluding ortho intramolecular Hbond substituents is 1. The van der Waals surface area contributed by atoms with Crippen molar-refractivity contribution in [2.24, 2.45) is 5.92 Å². The number of rotatable bonds is 10. The van der Waals surface area contributed by atoms with Crippen molar-refractivity contribution in [3.63, 3.8) is 0 Å². The van der Waals surface area contributed by atoms with E-state index in [1.807, 2.05) is 25.7 Å². The minimum absolute atomic E-state index is 0.120. The van der Waals surface area contributed by atoms with Crippen molar-refractivity contribution < 1.29 is 29.0 Å². The average molecular weight is 525 g/mol. The molecule has 2 aromatic carbocycles. The van der Waals surface area contributed by atoms with E-state index in [4.69, 9.17) is 9.47 Å². The number of nitrogens with one attached hydrogen (secondary N) is 1. The largest absolute Gasteiger partial charge is 0.508 e. The molecule has 0 heterocycles. The Hall–Kier alpha value is -3.55. The van der Waals surface area contributed by atoms with Gasteiger partial charge < -0.3 is 24.8 Å². The molecule has 8 nitrogen and oxygen atoms in total. The molecule has 8 heteroatoms. The molecule has 0 bridgehead atoms. The number of hydrogen-bond donors (Lipinski definition) is 2. The fourth-order valence-corrected chi connectivity index (χ4v) is 4.97. The van der Waals surface area contributed by atoms with Crippen molar-refractivity contribution in [1.29, 1.82) is 0 Å². The van der Waals surface area contributed by atoms with Gasteiger partial charge in [0, 0.05) is 30.8 Å². The van der Waals surface area contributed by atoms with Crippen molar-refractivity contribution in [3.8, 4) is 17.2 Å². The highest BCUT2D eigenvalue weighted by Gasteiger charge is 2.22. The minimum atomic E-state index is -0.936. The molecule has 206 valence electrons. The van der Waals surface area contributed by atoms with Crippen LogP contribution < -0.4 is 10.1 Å². The Kier molecular flexibility index (Phi) is 10.6. The lowest BCUT2D eigenvalue weighted by atomic mass is 9.86. The quantitative estimate of drug-likeness (QED) is 0.291. The Morgan fingerprint density at radius 3 is 2.34 bits per heavy atom. The van der Waals surface area contributed by atoms with Crippen LogP contribution in [0, 0.1) is 19.8 Å². The average Bonchev–Trinajstić information content (AvgIpc) is 2.88. The van der Waals surface area contributed by atoms with E-state index in [0.29, 0.717) is 48.2 Å². The molecule has 2 amide bonds. The first-order valence-corrected chi connectivity index (χ1v) is 13.6. The maximum absolute atomic E-state index is 13.1. The summed E-state index contributed by atoms with van der Waals surface area (Å²) in [6, 6.07) is 8.46. The Bertz CT molecular complexity index is 1120. The van der Waals surface area contributed by atoms with Crippen LogP contribution in [0.15, 0.2) is 30.3 Å². The molecule has 0 aromatic heterocycles. The first kappa shape index (κ1) is 29.0. The maximum Gasteiger partial charge on any atom is 0.397 e. The van der Waals surface area contributed by atoms with Crippen LogP contribution in [0.25, 0.3) is 0 Å². The molecule has 3 rings (SSSR count). The van der Waals surface area contributed by atoms with Crippen LogP contribution in [0.2, 0.25) is 0 Å². The number of ether oxygens (including phenoxy) is 2.